The summed E-state index contributed by atoms with van der Waals surface area (Å²) in [6, 6.07) is 3.06. The highest BCUT2D eigenvalue weighted by Crippen LogP contribution is 2.42. The topological polar surface area (TPSA) is 21.3 Å². The van der Waals surface area contributed by atoms with Gasteiger partial charge in [0.25, 0.3) is 0 Å². The van der Waals surface area contributed by atoms with E-state index in [1.807, 2.05) is 6.92 Å². The molecule has 0 amide bonds. The Morgan fingerprint density at radius 1 is 1.33 bits per heavy atom. The number of ether oxygens (including phenoxy) is 1. The van der Waals surface area contributed by atoms with Gasteiger partial charge >= 0.3 is 0 Å². The molecule has 5 unspecified atom stereocenters. The minimum Gasteiger partial charge on any atom is -0.375 e. The van der Waals surface area contributed by atoms with E-state index in [0.717, 1.165) is 6.54 Å². The van der Waals surface area contributed by atoms with Crippen molar-refractivity contribution >= 4 is 27.5 Å². The molecule has 0 spiro atoms. The lowest BCUT2D eigenvalue weighted by molar-refractivity contribution is 0.0474. The first kappa shape index (κ1) is 17.2. The molecule has 0 saturated carbocycles. The summed E-state index contributed by atoms with van der Waals surface area (Å²) in [6.07, 6.45) is 0.265. The van der Waals surface area contributed by atoms with Gasteiger partial charge < -0.3 is 10.1 Å². The van der Waals surface area contributed by atoms with Crippen molar-refractivity contribution in [1.82, 2.24) is 5.32 Å². The molecule has 21 heavy (non-hydrogen) atoms. The molecule has 1 aromatic carbocycles. The Morgan fingerprint density at radius 2 is 2.00 bits per heavy atom. The molecule has 0 radical (unpaired) electrons. The molecule has 118 valence electrons. The van der Waals surface area contributed by atoms with Crippen molar-refractivity contribution in [3.8, 4) is 0 Å². The fraction of sp³-hybridized carbons (Fsp3) is 0.625. The van der Waals surface area contributed by atoms with Gasteiger partial charge in [-0.15, -0.1) is 0 Å². The van der Waals surface area contributed by atoms with Crippen LogP contribution in [0, 0.1) is 17.7 Å². The van der Waals surface area contributed by atoms with Gasteiger partial charge in [0.05, 0.1) is 17.2 Å². The molecule has 0 aliphatic carbocycles. The predicted octanol–water partition coefficient (Wildman–Crippen LogP) is 4.95. The average Bonchev–Trinajstić information content (AvgIpc) is 2.66. The number of halogens is 3. The summed E-state index contributed by atoms with van der Waals surface area (Å²) in [5, 5.41) is 3.95. The lowest BCUT2D eigenvalue weighted by Crippen LogP contribution is -2.35. The van der Waals surface area contributed by atoms with Gasteiger partial charge in [-0.2, -0.15) is 0 Å². The molecule has 2 rings (SSSR count). The predicted molar refractivity (Wildman–Crippen MR) is 88.2 cm³/mol. The minimum atomic E-state index is -0.240. The zero-order chi connectivity index (χ0) is 15.7. The van der Waals surface area contributed by atoms with Gasteiger partial charge in [0, 0.05) is 22.0 Å². The van der Waals surface area contributed by atoms with Crippen LogP contribution in [-0.2, 0) is 4.74 Å². The third-order valence-electron chi connectivity index (χ3n) is 4.50. The van der Waals surface area contributed by atoms with E-state index in [2.05, 4.69) is 42.0 Å². The third-order valence-corrected chi connectivity index (χ3v) is 5.70. The highest BCUT2D eigenvalue weighted by molar-refractivity contribution is 9.10. The molecule has 2 nitrogen and oxygen atoms in total. The van der Waals surface area contributed by atoms with Gasteiger partial charge in [0.2, 0.25) is 0 Å². The number of hydrogen-bond acceptors (Lipinski definition) is 2. The van der Waals surface area contributed by atoms with Crippen molar-refractivity contribution in [2.75, 3.05) is 6.54 Å². The normalized spacial score (nSPS) is 30.6. The lowest BCUT2D eigenvalue weighted by atomic mass is 9.80. The maximum atomic E-state index is 14.4. The van der Waals surface area contributed by atoms with E-state index in [4.69, 9.17) is 16.3 Å². The standard InChI is InChI=1S/C16H22BrClFNO/c1-5-20-16(15-8(2)9(3)21-10(15)4)11-6-13(18)12(17)7-14(11)19/h6-10,15-16,20H,5H2,1-4H3. The second-order valence-corrected chi connectivity index (χ2v) is 7.07. The monoisotopic (exact) mass is 377 g/mol. The van der Waals surface area contributed by atoms with Crippen LogP contribution in [0.5, 0.6) is 0 Å². The molecular formula is C16H22BrClFNO. The summed E-state index contributed by atoms with van der Waals surface area (Å²) in [5.74, 6) is 0.328. The summed E-state index contributed by atoms with van der Waals surface area (Å²) in [4.78, 5) is 0. The van der Waals surface area contributed by atoms with Crippen molar-refractivity contribution in [3.63, 3.8) is 0 Å². The first-order valence-corrected chi connectivity index (χ1v) is 8.57. The molecule has 5 heteroatoms. The Morgan fingerprint density at radius 3 is 2.52 bits per heavy atom. The van der Waals surface area contributed by atoms with Crippen LogP contribution in [0.25, 0.3) is 0 Å². The van der Waals surface area contributed by atoms with Crippen LogP contribution in [0.2, 0.25) is 5.02 Å². The lowest BCUT2D eigenvalue weighted by Gasteiger charge is -2.30. The first-order valence-electron chi connectivity index (χ1n) is 7.40. The highest BCUT2D eigenvalue weighted by Gasteiger charge is 2.42. The van der Waals surface area contributed by atoms with E-state index in [-0.39, 0.29) is 30.0 Å². The minimum absolute atomic E-state index is 0.0841. The van der Waals surface area contributed by atoms with E-state index >= 15 is 0 Å². The van der Waals surface area contributed by atoms with Crippen molar-refractivity contribution in [1.29, 1.82) is 0 Å². The van der Waals surface area contributed by atoms with Crippen LogP contribution in [-0.4, -0.2) is 18.8 Å². The van der Waals surface area contributed by atoms with Crippen molar-refractivity contribution < 1.29 is 9.13 Å². The second kappa shape index (κ2) is 6.95. The van der Waals surface area contributed by atoms with Gasteiger partial charge in [-0.1, -0.05) is 25.4 Å². The summed E-state index contributed by atoms with van der Waals surface area (Å²) < 4.78 is 20.9. The Hall–Kier alpha value is -0.160. The largest absolute Gasteiger partial charge is 0.375 e. The summed E-state index contributed by atoms with van der Waals surface area (Å²) in [5.41, 5.74) is 0.617. The van der Waals surface area contributed by atoms with Crippen molar-refractivity contribution in [3.05, 3.63) is 33.0 Å². The van der Waals surface area contributed by atoms with Crippen LogP contribution < -0.4 is 5.32 Å². The van der Waals surface area contributed by atoms with E-state index < -0.39 is 0 Å². The zero-order valence-corrected chi connectivity index (χ0v) is 15.1. The number of benzene rings is 1. The Balaban J connectivity index is 2.42. The Bertz CT molecular complexity index is 513. The summed E-state index contributed by atoms with van der Waals surface area (Å²) in [7, 11) is 0. The highest BCUT2D eigenvalue weighted by atomic mass is 79.9. The number of hydrogen-bond donors (Lipinski definition) is 1. The quantitative estimate of drug-likeness (QED) is 0.748. The van der Waals surface area contributed by atoms with Crippen LogP contribution >= 0.6 is 27.5 Å². The maximum absolute atomic E-state index is 14.4. The molecule has 1 N–H and O–H groups in total. The second-order valence-electron chi connectivity index (χ2n) is 5.81. The summed E-state index contributed by atoms with van der Waals surface area (Å²) in [6.45, 7) is 9.10. The molecule has 1 heterocycles. The Kier molecular flexibility index (Phi) is 5.69. The molecule has 5 atom stereocenters. The van der Waals surface area contributed by atoms with Crippen LogP contribution in [0.1, 0.15) is 39.3 Å². The maximum Gasteiger partial charge on any atom is 0.129 e. The van der Waals surface area contributed by atoms with Gasteiger partial charge in [0.15, 0.2) is 0 Å². The smallest absolute Gasteiger partial charge is 0.129 e. The molecule has 1 saturated heterocycles. The molecule has 1 aromatic rings. The number of rotatable bonds is 4. The van der Waals surface area contributed by atoms with Crippen molar-refractivity contribution in [2.45, 2.75) is 45.9 Å². The molecular weight excluding hydrogens is 357 g/mol. The fourth-order valence-electron chi connectivity index (χ4n) is 3.32. The first-order chi connectivity index (χ1) is 9.86. The number of nitrogens with one attached hydrogen (secondary N) is 1. The van der Waals surface area contributed by atoms with Crippen LogP contribution in [0.3, 0.4) is 0 Å². The molecule has 0 aromatic heterocycles. The van der Waals surface area contributed by atoms with Gasteiger partial charge in [-0.3, -0.25) is 0 Å². The van der Waals surface area contributed by atoms with E-state index in [1.165, 1.54) is 6.07 Å². The van der Waals surface area contributed by atoms with E-state index in [1.54, 1.807) is 6.07 Å². The molecule has 1 fully saturated rings. The zero-order valence-electron chi connectivity index (χ0n) is 12.8. The van der Waals surface area contributed by atoms with Gasteiger partial charge in [-0.25, -0.2) is 4.39 Å². The SMILES string of the molecule is CCNC(c1cc(Cl)c(Br)cc1F)C1C(C)OC(C)C1C. The van der Waals surface area contributed by atoms with E-state index in [9.17, 15) is 4.39 Å². The van der Waals surface area contributed by atoms with Gasteiger partial charge in [0.1, 0.15) is 5.82 Å². The molecule has 1 aliphatic rings. The molecule has 1 aliphatic heterocycles. The van der Waals surface area contributed by atoms with Crippen LogP contribution in [0.4, 0.5) is 4.39 Å². The third kappa shape index (κ3) is 3.44. The molecule has 0 bridgehead atoms. The fourth-order valence-corrected chi connectivity index (χ4v) is 3.81. The van der Waals surface area contributed by atoms with Crippen molar-refractivity contribution in [2.24, 2.45) is 11.8 Å². The Labute approximate surface area is 139 Å². The summed E-state index contributed by atoms with van der Waals surface area (Å²) >= 11 is 9.43. The average molecular weight is 379 g/mol. The van der Waals surface area contributed by atoms with Crippen LogP contribution in [0.15, 0.2) is 16.6 Å². The van der Waals surface area contributed by atoms with E-state index in [0.29, 0.717) is 21.0 Å². The van der Waals surface area contributed by atoms with Gasteiger partial charge in [-0.05, 0) is 54.4 Å².